The van der Waals surface area contributed by atoms with Crippen LogP contribution in [0, 0.1) is 5.92 Å². The van der Waals surface area contributed by atoms with Gasteiger partial charge in [-0.2, -0.15) is 18.3 Å². The molecular weight excluding hydrogens is 407 g/mol. The number of carboxylic acids is 1. The first-order chi connectivity index (χ1) is 13.7. The predicted octanol–water partition coefficient (Wildman–Crippen LogP) is 3.60. The lowest BCUT2D eigenvalue weighted by molar-refractivity contribution is -0.192. The number of ether oxygens (including phenoxy) is 1. The molecule has 2 aromatic rings. The number of alkyl halides is 3. The third kappa shape index (κ3) is 6.28. The van der Waals surface area contributed by atoms with Crippen LogP contribution in [0.15, 0.2) is 17.5 Å². The summed E-state index contributed by atoms with van der Waals surface area (Å²) < 4.78 is 39.7. The molecule has 2 aliphatic rings. The molecule has 6 nitrogen and oxygen atoms in total. The topological polar surface area (TPSA) is 67.6 Å². The van der Waals surface area contributed by atoms with E-state index in [1.807, 2.05) is 11.3 Å². The Morgan fingerprint density at radius 3 is 2.72 bits per heavy atom. The van der Waals surface area contributed by atoms with Crippen molar-refractivity contribution in [2.24, 2.45) is 13.0 Å². The summed E-state index contributed by atoms with van der Waals surface area (Å²) in [5, 5.41) is 14.0. The number of carbonyl (C=O) groups is 1. The Morgan fingerprint density at radius 2 is 2.14 bits per heavy atom. The molecule has 0 aromatic carbocycles. The molecule has 0 radical (unpaired) electrons. The van der Waals surface area contributed by atoms with Crippen LogP contribution in [-0.2, 0) is 42.7 Å². The minimum absolute atomic E-state index is 0.673. The molecule has 4 rings (SSSR count). The van der Waals surface area contributed by atoms with E-state index in [0.29, 0.717) is 6.61 Å². The van der Waals surface area contributed by atoms with Gasteiger partial charge in [-0.05, 0) is 30.2 Å². The van der Waals surface area contributed by atoms with E-state index in [0.717, 1.165) is 44.3 Å². The van der Waals surface area contributed by atoms with Gasteiger partial charge in [0.1, 0.15) is 0 Å². The van der Waals surface area contributed by atoms with E-state index >= 15 is 0 Å². The van der Waals surface area contributed by atoms with Crippen LogP contribution >= 0.6 is 11.3 Å². The number of hydrogen-bond donors (Lipinski definition) is 1. The Hall–Kier alpha value is -1.91. The number of aryl methyl sites for hydroxylation is 1. The van der Waals surface area contributed by atoms with E-state index in [9.17, 15) is 13.2 Å². The fourth-order valence-corrected chi connectivity index (χ4v) is 3.95. The number of carboxylic acid groups (broad SMARTS) is 1. The van der Waals surface area contributed by atoms with Crippen LogP contribution in [0.5, 0.6) is 0 Å². The number of thiophene rings is 1. The first kappa shape index (κ1) is 21.8. The van der Waals surface area contributed by atoms with Crippen LogP contribution in [0.3, 0.4) is 0 Å². The van der Waals surface area contributed by atoms with Gasteiger partial charge in [-0.25, -0.2) is 4.79 Å². The molecule has 0 bridgehead atoms. The Balaban J connectivity index is 0.000000298. The van der Waals surface area contributed by atoms with E-state index < -0.39 is 12.1 Å². The van der Waals surface area contributed by atoms with Crippen molar-refractivity contribution in [2.75, 3.05) is 13.2 Å². The summed E-state index contributed by atoms with van der Waals surface area (Å²) in [5.41, 5.74) is 3.95. The maximum absolute atomic E-state index is 10.6. The van der Waals surface area contributed by atoms with Gasteiger partial charge < -0.3 is 9.84 Å². The average Bonchev–Trinajstić information content (AvgIpc) is 3.24. The molecule has 1 aliphatic heterocycles. The van der Waals surface area contributed by atoms with Crippen molar-refractivity contribution in [1.29, 1.82) is 0 Å². The van der Waals surface area contributed by atoms with Gasteiger partial charge in [0.15, 0.2) is 0 Å². The number of aliphatic carboxylic acids is 1. The lowest BCUT2D eigenvalue weighted by atomic mass is 10.1. The Bertz CT molecular complexity index is 817. The molecule has 10 heteroatoms. The number of fused-ring (bicyclic) bond motifs is 1. The zero-order valence-corrected chi connectivity index (χ0v) is 16.9. The van der Waals surface area contributed by atoms with Crippen molar-refractivity contribution in [3.8, 4) is 0 Å². The molecule has 1 N–H and O–H groups in total. The van der Waals surface area contributed by atoms with Gasteiger partial charge in [0.2, 0.25) is 0 Å². The minimum Gasteiger partial charge on any atom is -0.475 e. The van der Waals surface area contributed by atoms with E-state index in [-0.39, 0.29) is 0 Å². The van der Waals surface area contributed by atoms with Gasteiger partial charge in [0, 0.05) is 55.8 Å². The molecule has 29 heavy (non-hydrogen) atoms. The van der Waals surface area contributed by atoms with Gasteiger partial charge >= 0.3 is 12.1 Å². The SMILES string of the molecule is Cn1nc(COCC2CC2)c2c1CCN(Cc1cccs1)C2.O=C(O)C(F)(F)F. The standard InChI is InChI=1S/C17H23N3OS.C2HF3O2/c1-19-17-6-7-20(9-14-3-2-8-22-14)10-15(17)16(18-19)12-21-11-13-4-5-13;3-2(4,5)1(6)7/h2-3,8,13H,4-7,9-12H2,1H3;(H,6,7). The number of halogens is 3. The number of aromatic nitrogens is 2. The van der Waals surface area contributed by atoms with E-state index in [2.05, 4.69) is 34.1 Å². The first-order valence-electron chi connectivity index (χ1n) is 9.40. The number of rotatable bonds is 6. The molecule has 160 valence electrons. The van der Waals surface area contributed by atoms with Crippen molar-refractivity contribution in [3.63, 3.8) is 0 Å². The molecule has 1 saturated carbocycles. The molecule has 0 spiro atoms. The van der Waals surface area contributed by atoms with Crippen molar-refractivity contribution in [2.45, 2.75) is 45.1 Å². The molecule has 1 aliphatic carbocycles. The largest absolute Gasteiger partial charge is 0.490 e. The molecule has 0 amide bonds. The quantitative estimate of drug-likeness (QED) is 0.757. The Morgan fingerprint density at radius 1 is 1.41 bits per heavy atom. The predicted molar refractivity (Wildman–Crippen MR) is 101 cm³/mol. The summed E-state index contributed by atoms with van der Waals surface area (Å²) in [5.74, 6) is -1.94. The summed E-state index contributed by atoms with van der Waals surface area (Å²) >= 11 is 1.84. The van der Waals surface area contributed by atoms with Gasteiger partial charge in [0.25, 0.3) is 0 Å². The van der Waals surface area contributed by atoms with E-state index in [4.69, 9.17) is 19.7 Å². The average molecular weight is 431 g/mol. The summed E-state index contributed by atoms with van der Waals surface area (Å²) in [4.78, 5) is 12.9. The fraction of sp³-hybridized carbons (Fsp3) is 0.579. The fourth-order valence-electron chi connectivity index (χ4n) is 3.21. The van der Waals surface area contributed by atoms with Gasteiger partial charge in [-0.3, -0.25) is 9.58 Å². The second kappa shape index (κ2) is 9.27. The summed E-state index contributed by atoms with van der Waals surface area (Å²) in [6.07, 6.45) is -1.31. The molecular formula is C19H24F3N3O3S. The van der Waals surface area contributed by atoms with Crippen LogP contribution in [0.25, 0.3) is 0 Å². The zero-order chi connectivity index (χ0) is 21.0. The van der Waals surface area contributed by atoms with E-state index in [1.165, 1.54) is 29.0 Å². The van der Waals surface area contributed by atoms with Gasteiger partial charge in [0.05, 0.1) is 12.3 Å². The smallest absolute Gasteiger partial charge is 0.475 e. The lowest BCUT2D eigenvalue weighted by Gasteiger charge is -2.27. The van der Waals surface area contributed by atoms with Crippen molar-refractivity contribution in [3.05, 3.63) is 39.3 Å². The molecule has 0 saturated heterocycles. The first-order valence-corrected chi connectivity index (χ1v) is 10.3. The van der Waals surface area contributed by atoms with Gasteiger partial charge in [-0.1, -0.05) is 6.07 Å². The van der Waals surface area contributed by atoms with Gasteiger partial charge in [-0.15, -0.1) is 11.3 Å². The summed E-state index contributed by atoms with van der Waals surface area (Å²) in [6, 6.07) is 4.36. The van der Waals surface area contributed by atoms with Crippen LogP contribution < -0.4 is 0 Å². The maximum Gasteiger partial charge on any atom is 0.490 e. The molecule has 2 aromatic heterocycles. The summed E-state index contributed by atoms with van der Waals surface area (Å²) in [6.45, 7) is 4.75. The Labute approximate surface area is 170 Å². The van der Waals surface area contributed by atoms with Crippen LogP contribution in [-0.4, -0.2) is 45.1 Å². The minimum atomic E-state index is -5.08. The zero-order valence-electron chi connectivity index (χ0n) is 16.1. The number of hydrogen-bond acceptors (Lipinski definition) is 5. The second-order valence-corrected chi connectivity index (χ2v) is 8.33. The Kier molecular flexibility index (Phi) is 6.97. The molecule has 0 atom stereocenters. The summed E-state index contributed by atoms with van der Waals surface area (Å²) in [7, 11) is 2.07. The van der Waals surface area contributed by atoms with Crippen LogP contribution in [0.4, 0.5) is 13.2 Å². The van der Waals surface area contributed by atoms with Crippen molar-refractivity contribution < 1.29 is 27.8 Å². The normalized spacial score (nSPS) is 16.8. The van der Waals surface area contributed by atoms with Crippen molar-refractivity contribution in [1.82, 2.24) is 14.7 Å². The van der Waals surface area contributed by atoms with Crippen LogP contribution in [0.1, 0.15) is 34.7 Å². The maximum atomic E-state index is 10.6. The lowest BCUT2D eigenvalue weighted by Crippen LogP contribution is -2.30. The molecule has 1 fully saturated rings. The van der Waals surface area contributed by atoms with Crippen molar-refractivity contribution >= 4 is 17.3 Å². The highest BCUT2D eigenvalue weighted by atomic mass is 32.1. The van der Waals surface area contributed by atoms with E-state index in [1.54, 1.807) is 0 Å². The number of nitrogens with zero attached hydrogens (tertiary/aromatic N) is 3. The highest BCUT2D eigenvalue weighted by molar-refractivity contribution is 7.09. The molecule has 0 unspecified atom stereocenters. The highest BCUT2D eigenvalue weighted by Crippen LogP contribution is 2.30. The third-order valence-electron chi connectivity index (χ3n) is 4.90. The highest BCUT2D eigenvalue weighted by Gasteiger charge is 2.38. The third-order valence-corrected chi connectivity index (χ3v) is 5.76. The molecule has 3 heterocycles. The van der Waals surface area contributed by atoms with Crippen LogP contribution in [0.2, 0.25) is 0 Å². The second-order valence-electron chi connectivity index (χ2n) is 7.30. The monoisotopic (exact) mass is 431 g/mol.